The van der Waals surface area contributed by atoms with Crippen molar-refractivity contribution in [2.75, 3.05) is 11.9 Å². The van der Waals surface area contributed by atoms with Gasteiger partial charge in [-0.2, -0.15) is 5.10 Å². The molecule has 0 bridgehead atoms. The van der Waals surface area contributed by atoms with Gasteiger partial charge in [-0.05, 0) is 29.8 Å². The SMILES string of the molecule is O=C(CNc1ccccc1)NN=C1CC(c2ccccc2)Oc2ccccc21. The molecule has 0 radical (unpaired) electrons. The van der Waals surface area contributed by atoms with E-state index in [1.54, 1.807) is 0 Å². The molecule has 0 aliphatic carbocycles. The first kappa shape index (κ1) is 17.8. The van der Waals surface area contributed by atoms with Crippen molar-refractivity contribution in [2.45, 2.75) is 12.5 Å². The molecule has 28 heavy (non-hydrogen) atoms. The van der Waals surface area contributed by atoms with E-state index in [1.807, 2.05) is 84.9 Å². The number of fused-ring (bicyclic) bond motifs is 1. The molecule has 1 atom stereocenters. The molecular formula is C23H21N3O2. The quantitative estimate of drug-likeness (QED) is 0.663. The maximum absolute atomic E-state index is 12.2. The van der Waals surface area contributed by atoms with Crippen molar-refractivity contribution in [3.63, 3.8) is 0 Å². The number of hydrogen-bond acceptors (Lipinski definition) is 4. The lowest BCUT2D eigenvalue weighted by molar-refractivity contribution is -0.119. The smallest absolute Gasteiger partial charge is 0.259 e. The van der Waals surface area contributed by atoms with Crippen molar-refractivity contribution in [2.24, 2.45) is 5.10 Å². The second-order valence-electron chi connectivity index (χ2n) is 6.53. The summed E-state index contributed by atoms with van der Waals surface area (Å²) in [6.07, 6.45) is 0.460. The van der Waals surface area contributed by atoms with E-state index in [4.69, 9.17) is 4.74 Å². The van der Waals surface area contributed by atoms with Crippen LogP contribution in [0.15, 0.2) is 90.0 Å². The van der Waals surface area contributed by atoms with Gasteiger partial charge in [0.05, 0.1) is 12.3 Å². The van der Waals surface area contributed by atoms with Gasteiger partial charge in [-0.3, -0.25) is 4.79 Å². The molecule has 4 rings (SSSR count). The number of nitrogens with one attached hydrogen (secondary N) is 2. The summed E-state index contributed by atoms with van der Waals surface area (Å²) < 4.78 is 6.15. The molecule has 140 valence electrons. The number of ether oxygens (including phenoxy) is 1. The van der Waals surface area contributed by atoms with Crippen molar-refractivity contribution in [3.05, 3.63) is 96.1 Å². The molecule has 1 unspecified atom stereocenters. The van der Waals surface area contributed by atoms with E-state index in [0.29, 0.717) is 6.42 Å². The Kier molecular flexibility index (Phi) is 5.33. The summed E-state index contributed by atoms with van der Waals surface area (Å²) in [5.41, 5.74) is 6.36. The number of carbonyl (C=O) groups excluding carboxylic acids is 1. The van der Waals surface area contributed by atoms with Crippen LogP contribution >= 0.6 is 0 Å². The third kappa shape index (κ3) is 4.20. The van der Waals surface area contributed by atoms with Crippen molar-refractivity contribution < 1.29 is 9.53 Å². The fourth-order valence-electron chi connectivity index (χ4n) is 3.16. The van der Waals surface area contributed by atoms with Gasteiger partial charge in [0, 0.05) is 17.7 Å². The van der Waals surface area contributed by atoms with Gasteiger partial charge in [0.1, 0.15) is 11.9 Å². The molecule has 5 nitrogen and oxygen atoms in total. The molecule has 3 aromatic rings. The van der Waals surface area contributed by atoms with Gasteiger partial charge in [0.15, 0.2) is 0 Å². The van der Waals surface area contributed by atoms with Crippen LogP contribution in [0, 0.1) is 0 Å². The van der Waals surface area contributed by atoms with Crippen LogP contribution < -0.4 is 15.5 Å². The molecule has 1 aliphatic rings. The molecule has 0 saturated heterocycles. The minimum atomic E-state index is -0.198. The number of rotatable bonds is 5. The largest absolute Gasteiger partial charge is 0.485 e. The van der Waals surface area contributed by atoms with Crippen LogP contribution in [0.25, 0.3) is 0 Å². The molecule has 0 aromatic heterocycles. The number of para-hydroxylation sites is 2. The average Bonchev–Trinajstić information content (AvgIpc) is 2.77. The second kappa shape index (κ2) is 8.39. The highest BCUT2D eigenvalue weighted by atomic mass is 16.5. The number of hydrogen-bond donors (Lipinski definition) is 2. The van der Waals surface area contributed by atoms with Crippen LogP contribution in [0.2, 0.25) is 0 Å². The number of anilines is 1. The Morgan fingerprint density at radius 3 is 2.39 bits per heavy atom. The molecule has 1 aliphatic heterocycles. The standard InChI is InChI=1S/C23H21N3O2/c27-23(16-24-18-11-5-2-6-12-18)26-25-20-15-22(17-9-3-1-4-10-17)28-21-14-8-7-13-19(20)21/h1-14,22,24H,15-16H2,(H,26,27). The maximum atomic E-state index is 12.2. The molecule has 0 spiro atoms. The summed E-state index contributed by atoms with van der Waals surface area (Å²) >= 11 is 0. The van der Waals surface area contributed by atoms with Crippen LogP contribution in [0.4, 0.5) is 5.69 Å². The van der Waals surface area contributed by atoms with E-state index in [-0.39, 0.29) is 18.6 Å². The van der Waals surface area contributed by atoms with Crippen molar-refractivity contribution in [1.82, 2.24) is 5.43 Å². The third-order valence-electron chi connectivity index (χ3n) is 4.56. The van der Waals surface area contributed by atoms with Gasteiger partial charge >= 0.3 is 0 Å². The number of amides is 1. The summed E-state index contributed by atoms with van der Waals surface area (Å²) in [5, 5.41) is 7.49. The lowest BCUT2D eigenvalue weighted by Gasteiger charge is -2.27. The van der Waals surface area contributed by atoms with E-state index in [1.165, 1.54) is 0 Å². The van der Waals surface area contributed by atoms with Gasteiger partial charge in [0.2, 0.25) is 0 Å². The van der Waals surface area contributed by atoms with Gasteiger partial charge < -0.3 is 10.1 Å². The number of hydrazone groups is 1. The van der Waals surface area contributed by atoms with Crippen molar-refractivity contribution in [3.8, 4) is 5.75 Å². The highest BCUT2D eigenvalue weighted by Crippen LogP contribution is 2.34. The number of carbonyl (C=O) groups is 1. The summed E-state index contributed by atoms with van der Waals surface area (Å²) in [5.74, 6) is 0.578. The van der Waals surface area contributed by atoms with Gasteiger partial charge in [0.25, 0.3) is 5.91 Å². The first-order chi connectivity index (χ1) is 13.8. The van der Waals surface area contributed by atoms with E-state index >= 15 is 0 Å². The molecule has 5 heteroatoms. The molecule has 1 heterocycles. The minimum Gasteiger partial charge on any atom is -0.485 e. The van der Waals surface area contributed by atoms with E-state index in [0.717, 1.165) is 28.3 Å². The average molecular weight is 371 g/mol. The second-order valence-corrected chi connectivity index (χ2v) is 6.53. The van der Waals surface area contributed by atoms with Crippen molar-refractivity contribution >= 4 is 17.3 Å². The van der Waals surface area contributed by atoms with Crippen molar-refractivity contribution in [1.29, 1.82) is 0 Å². The zero-order valence-corrected chi connectivity index (χ0v) is 15.3. The van der Waals surface area contributed by atoms with Gasteiger partial charge in [-0.15, -0.1) is 0 Å². The van der Waals surface area contributed by atoms with Crippen LogP contribution in [0.5, 0.6) is 5.75 Å². The third-order valence-corrected chi connectivity index (χ3v) is 4.56. The Hall–Kier alpha value is -3.60. The molecule has 3 aromatic carbocycles. The summed E-state index contributed by atoms with van der Waals surface area (Å²) in [7, 11) is 0. The highest BCUT2D eigenvalue weighted by molar-refractivity contribution is 6.04. The number of nitrogens with zero attached hydrogens (tertiary/aromatic N) is 1. The van der Waals surface area contributed by atoms with Gasteiger partial charge in [-0.25, -0.2) is 5.43 Å². The Labute approximate surface area is 164 Å². The Balaban J connectivity index is 1.48. The zero-order chi connectivity index (χ0) is 19.2. The molecule has 0 saturated carbocycles. The molecule has 1 amide bonds. The normalized spacial score (nSPS) is 16.7. The summed E-state index contributed by atoms with van der Waals surface area (Å²) in [4.78, 5) is 12.2. The lowest BCUT2D eigenvalue weighted by atomic mass is 9.96. The predicted molar refractivity (Wildman–Crippen MR) is 110 cm³/mol. The first-order valence-electron chi connectivity index (χ1n) is 9.25. The van der Waals surface area contributed by atoms with E-state index in [2.05, 4.69) is 15.8 Å². The topological polar surface area (TPSA) is 62.7 Å². The Morgan fingerprint density at radius 1 is 0.929 bits per heavy atom. The first-order valence-corrected chi connectivity index (χ1v) is 9.25. The fourth-order valence-corrected chi connectivity index (χ4v) is 3.16. The number of benzene rings is 3. The van der Waals surface area contributed by atoms with Crippen LogP contribution in [-0.2, 0) is 4.79 Å². The van der Waals surface area contributed by atoms with Gasteiger partial charge in [-0.1, -0.05) is 60.7 Å². The fraction of sp³-hybridized carbons (Fsp3) is 0.130. The molecule has 0 fully saturated rings. The predicted octanol–water partition coefficient (Wildman–Crippen LogP) is 4.14. The zero-order valence-electron chi connectivity index (χ0n) is 15.3. The highest BCUT2D eigenvalue weighted by Gasteiger charge is 2.26. The minimum absolute atomic E-state index is 0.130. The van der Waals surface area contributed by atoms with Crippen LogP contribution in [0.3, 0.4) is 0 Å². The van der Waals surface area contributed by atoms with Crippen LogP contribution in [-0.4, -0.2) is 18.2 Å². The van der Waals surface area contributed by atoms with Crippen LogP contribution in [0.1, 0.15) is 23.7 Å². The summed E-state index contributed by atoms with van der Waals surface area (Å²) in [6, 6.07) is 27.4. The molecule has 2 N–H and O–H groups in total. The monoisotopic (exact) mass is 371 g/mol. The van der Waals surface area contributed by atoms with E-state index < -0.39 is 0 Å². The van der Waals surface area contributed by atoms with E-state index in [9.17, 15) is 4.79 Å². The Bertz CT molecular complexity index is 971. The Morgan fingerprint density at radius 2 is 1.61 bits per heavy atom. The lowest BCUT2D eigenvalue weighted by Crippen LogP contribution is -2.29. The molecular weight excluding hydrogens is 350 g/mol. The maximum Gasteiger partial charge on any atom is 0.259 e. The summed E-state index contributed by atoms with van der Waals surface area (Å²) in [6.45, 7) is 0.154.